The van der Waals surface area contributed by atoms with Crippen molar-refractivity contribution in [3.63, 3.8) is 0 Å². The number of aromatic carboxylic acids is 1. The van der Waals surface area contributed by atoms with E-state index in [1.54, 1.807) is 12.1 Å². The largest absolute Gasteiger partial charge is 0.493 e. The predicted octanol–water partition coefficient (Wildman–Crippen LogP) is 4.50. The summed E-state index contributed by atoms with van der Waals surface area (Å²) in [7, 11) is 0. The van der Waals surface area contributed by atoms with Gasteiger partial charge in [-0.3, -0.25) is 0 Å². The Morgan fingerprint density at radius 1 is 1.05 bits per heavy atom. The van der Waals surface area contributed by atoms with Crippen LogP contribution in [0, 0.1) is 0 Å². The molecular formula is C17H20O3. The lowest BCUT2D eigenvalue weighted by molar-refractivity contribution is 0.0699. The third-order valence-corrected chi connectivity index (χ3v) is 3.37. The van der Waals surface area contributed by atoms with Crippen LogP contribution in [0.5, 0.6) is 5.75 Å². The van der Waals surface area contributed by atoms with E-state index in [1.165, 1.54) is 19.3 Å². The predicted molar refractivity (Wildman–Crippen MR) is 80.5 cm³/mol. The molecule has 3 heteroatoms. The van der Waals surface area contributed by atoms with Gasteiger partial charge in [0.2, 0.25) is 0 Å². The second kappa shape index (κ2) is 6.94. The zero-order chi connectivity index (χ0) is 14.4. The van der Waals surface area contributed by atoms with Crippen LogP contribution in [0.1, 0.15) is 43.0 Å². The van der Waals surface area contributed by atoms with Gasteiger partial charge in [0.15, 0.2) is 0 Å². The number of carboxylic acids is 1. The van der Waals surface area contributed by atoms with Crippen molar-refractivity contribution in [2.24, 2.45) is 0 Å². The highest BCUT2D eigenvalue weighted by Gasteiger charge is 2.11. The van der Waals surface area contributed by atoms with Crippen molar-refractivity contribution in [1.29, 1.82) is 0 Å². The van der Waals surface area contributed by atoms with Crippen molar-refractivity contribution in [3.05, 3.63) is 42.0 Å². The number of fused-ring (bicyclic) bond motifs is 1. The van der Waals surface area contributed by atoms with Crippen molar-refractivity contribution in [2.45, 2.75) is 32.6 Å². The monoisotopic (exact) mass is 272 g/mol. The van der Waals surface area contributed by atoms with Crippen molar-refractivity contribution >= 4 is 16.7 Å². The lowest BCUT2D eigenvalue weighted by Crippen LogP contribution is -2.01. The number of carboxylic acid groups (broad SMARTS) is 1. The number of carbonyl (C=O) groups is 1. The smallest absolute Gasteiger partial charge is 0.336 e. The topological polar surface area (TPSA) is 46.5 Å². The summed E-state index contributed by atoms with van der Waals surface area (Å²) in [6.45, 7) is 2.86. The van der Waals surface area contributed by atoms with Crippen LogP contribution in [-0.2, 0) is 0 Å². The van der Waals surface area contributed by atoms with E-state index in [9.17, 15) is 9.90 Å². The molecule has 2 rings (SSSR count). The summed E-state index contributed by atoms with van der Waals surface area (Å²) in [5, 5.41) is 10.8. The van der Waals surface area contributed by atoms with Gasteiger partial charge in [0.25, 0.3) is 0 Å². The third kappa shape index (κ3) is 3.29. The minimum absolute atomic E-state index is 0.318. The summed E-state index contributed by atoms with van der Waals surface area (Å²) in [5.74, 6) is -0.141. The maximum atomic E-state index is 11.2. The Kier molecular flexibility index (Phi) is 4.99. The quantitative estimate of drug-likeness (QED) is 0.755. The summed E-state index contributed by atoms with van der Waals surface area (Å²) < 4.78 is 5.81. The zero-order valence-corrected chi connectivity index (χ0v) is 11.8. The van der Waals surface area contributed by atoms with Gasteiger partial charge in [-0.05, 0) is 23.9 Å². The zero-order valence-electron chi connectivity index (χ0n) is 11.8. The van der Waals surface area contributed by atoms with E-state index < -0.39 is 5.97 Å². The van der Waals surface area contributed by atoms with Gasteiger partial charge in [0.1, 0.15) is 5.75 Å². The fourth-order valence-electron chi connectivity index (χ4n) is 2.29. The van der Waals surface area contributed by atoms with Gasteiger partial charge in [-0.25, -0.2) is 4.79 Å². The average Bonchev–Trinajstić information content (AvgIpc) is 2.46. The number of rotatable bonds is 7. The number of hydrogen-bond acceptors (Lipinski definition) is 2. The lowest BCUT2D eigenvalue weighted by atomic mass is 10.0. The molecule has 0 unspecified atom stereocenters. The average molecular weight is 272 g/mol. The molecule has 0 bridgehead atoms. The van der Waals surface area contributed by atoms with E-state index in [-0.39, 0.29) is 0 Å². The van der Waals surface area contributed by atoms with Crippen molar-refractivity contribution in [3.8, 4) is 5.75 Å². The molecule has 2 aromatic carbocycles. The van der Waals surface area contributed by atoms with E-state index in [2.05, 4.69) is 6.92 Å². The van der Waals surface area contributed by atoms with Crippen molar-refractivity contribution < 1.29 is 14.6 Å². The Morgan fingerprint density at radius 2 is 1.80 bits per heavy atom. The van der Waals surface area contributed by atoms with Crippen LogP contribution in [0.4, 0.5) is 0 Å². The van der Waals surface area contributed by atoms with Crippen LogP contribution >= 0.6 is 0 Å². The molecule has 0 aliphatic heterocycles. The Hall–Kier alpha value is -2.03. The molecule has 0 saturated carbocycles. The summed E-state index contributed by atoms with van der Waals surface area (Å²) in [6, 6.07) is 10.8. The van der Waals surface area contributed by atoms with E-state index in [0.717, 1.165) is 22.9 Å². The highest BCUT2D eigenvalue weighted by Crippen LogP contribution is 2.28. The number of benzene rings is 2. The summed E-state index contributed by atoms with van der Waals surface area (Å²) >= 11 is 0. The maximum absolute atomic E-state index is 11.2. The van der Waals surface area contributed by atoms with E-state index >= 15 is 0 Å². The first-order valence-corrected chi connectivity index (χ1v) is 7.12. The van der Waals surface area contributed by atoms with Gasteiger partial charge < -0.3 is 9.84 Å². The van der Waals surface area contributed by atoms with E-state index in [1.807, 2.05) is 24.3 Å². The number of ether oxygens (including phenoxy) is 1. The molecule has 0 atom stereocenters. The normalized spacial score (nSPS) is 10.7. The first-order valence-electron chi connectivity index (χ1n) is 7.12. The summed E-state index contributed by atoms with van der Waals surface area (Å²) in [6.07, 6.45) is 4.63. The second-order valence-corrected chi connectivity index (χ2v) is 4.87. The van der Waals surface area contributed by atoms with Crippen LogP contribution in [0.15, 0.2) is 36.4 Å². The molecule has 0 aliphatic carbocycles. The van der Waals surface area contributed by atoms with Gasteiger partial charge >= 0.3 is 5.97 Å². The minimum Gasteiger partial charge on any atom is -0.493 e. The molecule has 0 fully saturated rings. The van der Waals surface area contributed by atoms with Gasteiger partial charge in [0.05, 0.1) is 12.2 Å². The van der Waals surface area contributed by atoms with Crippen LogP contribution in [0.2, 0.25) is 0 Å². The van der Waals surface area contributed by atoms with Gasteiger partial charge in [0, 0.05) is 5.39 Å². The molecule has 0 spiro atoms. The van der Waals surface area contributed by atoms with Gasteiger partial charge in [-0.1, -0.05) is 50.5 Å². The second-order valence-electron chi connectivity index (χ2n) is 4.87. The standard InChI is InChI=1S/C17H20O3/c1-2-3-4-7-12-20-16-11-10-15(17(18)19)13-8-5-6-9-14(13)16/h5-6,8-11H,2-4,7,12H2,1H3,(H,18,19). The fraction of sp³-hybridized carbons (Fsp3) is 0.353. The first-order chi connectivity index (χ1) is 9.74. The molecule has 1 N–H and O–H groups in total. The van der Waals surface area contributed by atoms with Crippen LogP contribution in [0.25, 0.3) is 10.8 Å². The highest BCUT2D eigenvalue weighted by molar-refractivity contribution is 6.05. The number of unbranched alkanes of at least 4 members (excludes halogenated alkanes) is 3. The van der Waals surface area contributed by atoms with Gasteiger partial charge in [-0.2, -0.15) is 0 Å². The number of hydrogen-bond donors (Lipinski definition) is 1. The molecule has 0 aliphatic rings. The highest BCUT2D eigenvalue weighted by atomic mass is 16.5. The lowest BCUT2D eigenvalue weighted by Gasteiger charge is -2.11. The first kappa shape index (κ1) is 14.4. The Labute approximate surface area is 119 Å². The molecule has 0 saturated heterocycles. The van der Waals surface area contributed by atoms with Crippen LogP contribution < -0.4 is 4.74 Å². The minimum atomic E-state index is -0.907. The molecule has 0 aromatic heterocycles. The molecule has 0 heterocycles. The maximum Gasteiger partial charge on any atom is 0.336 e. The Balaban J connectivity index is 2.18. The van der Waals surface area contributed by atoms with Crippen LogP contribution in [-0.4, -0.2) is 17.7 Å². The molecule has 0 radical (unpaired) electrons. The molecule has 106 valence electrons. The molecule has 3 nitrogen and oxygen atoms in total. The van der Waals surface area contributed by atoms with Gasteiger partial charge in [-0.15, -0.1) is 0 Å². The fourth-order valence-corrected chi connectivity index (χ4v) is 2.29. The third-order valence-electron chi connectivity index (χ3n) is 3.37. The molecule has 2 aromatic rings. The van der Waals surface area contributed by atoms with Crippen molar-refractivity contribution in [2.75, 3.05) is 6.61 Å². The molecular weight excluding hydrogens is 252 g/mol. The summed E-state index contributed by atoms with van der Waals surface area (Å²) in [4.78, 5) is 11.2. The van der Waals surface area contributed by atoms with Crippen molar-refractivity contribution in [1.82, 2.24) is 0 Å². The van der Waals surface area contributed by atoms with Crippen LogP contribution in [0.3, 0.4) is 0 Å². The Morgan fingerprint density at radius 3 is 2.50 bits per heavy atom. The van der Waals surface area contributed by atoms with E-state index in [0.29, 0.717) is 12.2 Å². The molecule has 0 amide bonds. The molecule has 20 heavy (non-hydrogen) atoms. The summed E-state index contributed by atoms with van der Waals surface area (Å²) in [5.41, 5.74) is 0.318. The SMILES string of the molecule is CCCCCCOc1ccc(C(=O)O)c2ccccc12. The van der Waals surface area contributed by atoms with E-state index in [4.69, 9.17) is 4.74 Å². The Bertz CT molecular complexity index is 590.